The van der Waals surface area contributed by atoms with Gasteiger partial charge in [-0.2, -0.15) is 0 Å². The lowest BCUT2D eigenvalue weighted by Crippen LogP contribution is -2.51. The van der Waals surface area contributed by atoms with Crippen LogP contribution in [-0.2, 0) is 10.6 Å². The van der Waals surface area contributed by atoms with Gasteiger partial charge in [-0.25, -0.2) is 9.37 Å². The lowest BCUT2D eigenvalue weighted by molar-refractivity contribution is -0.137. The number of hydrogen-bond donors (Lipinski definition) is 1. The van der Waals surface area contributed by atoms with Crippen molar-refractivity contribution >= 4 is 23.2 Å². The van der Waals surface area contributed by atoms with Gasteiger partial charge < -0.3 is 19.6 Å². The van der Waals surface area contributed by atoms with Crippen molar-refractivity contribution in [1.82, 2.24) is 9.88 Å². The summed E-state index contributed by atoms with van der Waals surface area (Å²) in [5, 5.41) is 17.5. The predicted molar refractivity (Wildman–Crippen MR) is 122 cm³/mol. The number of nitrogens with zero attached hydrogens (tertiary/aromatic N) is 3. The summed E-state index contributed by atoms with van der Waals surface area (Å²) in [6.45, 7) is 0.385. The first-order chi connectivity index (χ1) is 15.6. The molecule has 8 heteroatoms. The molecular weight excluding hydrogens is 429 g/mol. The summed E-state index contributed by atoms with van der Waals surface area (Å²) in [4.78, 5) is 12.2. The molecule has 5 rings (SSSR count). The van der Waals surface area contributed by atoms with Crippen molar-refractivity contribution in [2.45, 2.75) is 18.6 Å². The number of aromatic nitrogens is 1. The lowest BCUT2D eigenvalue weighted by atomic mass is 9.94. The fourth-order valence-corrected chi connectivity index (χ4v) is 4.91. The maximum atomic E-state index is 13.5. The fraction of sp³-hybridized carbons (Fsp3) is 0.250. The van der Waals surface area contributed by atoms with Crippen LogP contribution < -0.4 is 4.74 Å². The molecule has 32 heavy (non-hydrogen) atoms. The van der Waals surface area contributed by atoms with Crippen molar-refractivity contribution in [2.24, 2.45) is 5.16 Å². The molecule has 0 spiro atoms. The van der Waals surface area contributed by atoms with E-state index in [1.807, 2.05) is 28.5 Å². The number of piperidine rings is 1. The Morgan fingerprint density at radius 1 is 1.28 bits per heavy atom. The third kappa shape index (κ3) is 3.45. The number of aliphatic hydroxyl groups is 1. The number of ether oxygens (including phenoxy) is 1. The molecule has 164 valence electrons. The molecule has 0 saturated carbocycles. The monoisotopic (exact) mass is 451 g/mol. The van der Waals surface area contributed by atoms with E-state index in [0.717, 1.165) is 40.3 Å². The smallest absolute Gasteiger partial charge is 0.260 e. The Kier molecular flexibility index (Phi) is 5.40. The molecule has 2 aromatic carbocycles. The summed E-state index contributed by atoms with van der Waals surface area (Å²) < 4.78 is 19.1. The van der Waals surface area contributed by atoms with Crippen LogP contribution in [0, 0.1) is 5.82 Å². The van der Waals surface area contributed by atoms with Crippen molar-refractivity contribution in [2.75, 3.05) is 20.3 Å². The van der Waals surface area contributed by atoms with Crippen LogP contribution in [0.25, 0.3) is 16.6 Å². The molecule has 1 unspecified atom stereocenters. The molecule has 3 heterocycles. The van der Waals surface area contributed by atoms with E-state index in [2.05, 4.69) is 16.2 Å². The minimum Gasteiger partial charge on any atom is -0.496 e. The van der Waals surface area contributed by atoms with Crippen molar-refractivity contribution in [1.29, 1.82) is 0 Å². The van der Waals surface area contributed by atoms with E-state index in [1.165, 1.54) is 12.1 Å². The number of rotatable bonds is 5. The van der Waals surface area contributed by atoms with Crippen molar-refractivity contribution < 1.29 is 19.1 Å². The number of thiazole rings is 1. The average Bonchev–Trinajstić information content (AvgIpc) is 3.49. The summed E-state index contributed by atoms with van der Waals surface area (Å²) in [6, 6.07) is 12.0. The number of hydrogen-bond acceptors (Lipinski definition) is 7. The number of aliphatic hydroxyl groups excluding tert-OH is 1. The minimum atomic E-state index is -1.14. The number of halogens is 1. The topological polar surface area (TPSA) is 67.2 Å². The van der Waals surface area contributed by atoms with Gasteiger partial charge in [-0.15, -0.1) is 11.3 Å². The second-order valence-corrected chi connectivity index (χ2v) is 8.57. The number of oxime groups is 1. The van der Waals surface area contributed by atoms with Gasteiger partial charge in [0.25, 0.3) is 5.72 Å². The number of benzene rings is 2. The van der Waals surface area contributed by atoms with Gasteiger partial charge in [0.15, 0.2) is 5.84 Å². The number of fused-ring (bicyclic) bond motifs is 1. The summed E-state index contributed by atoms with van der Waals surface area (Å²) in [5.74, 6) is 1.11. The zero-order valence-corrected chi connectivity index (χ0v) is 18.3. The Hall–Kier alpha value is -3.23. The molecule has 1 aromatic heterocycles. The highest BCUT2D eigenvalue weighted by atomic mass is 32.1. The molecule has 1 saturated heterocycles. The minimum absolute atomic E-state index is 0.296. The quantitative estimate of drug-likeness (QED) is 0.613. The average molecular weight is 452 g/mol. The first kappa shape index (κ1) is 20.7. The van der Waals surface area contributed by atoms with Crippen molar-refractivity contribution in [3.8, 4) is 16.3 Å². The molecule has 0 radical (unpaired) electrons. The van der Waals surface area contributed by atoms with Crippen molar-refractivity contribution in [3.05, 3.63) is 76.6 Å². The van der Waals surface area contributed by atoms with Crippen LogP contribution in [0.15, 0.2) is 64.8 Å². The summed E-state index contributed by atoms with van der Waals surface area (Å²) in [7, 11) is 1.65. The zero-order chi connectivity index (χ0) is 22.1. The van der Waals surface area contributed by atoms with Crippen LogP contribution >= 0.6 is 11.3 Å². The highest BCUT2D eigenvalue weighted by molar-refractivity contribution is 7.13. The number of amidine groups is 1. The van der Waals surface area contributed by atoms with Gasteiger partial charge in [-0.05, 0) is 66.5 Å². The van der Waals surface area contributed by atoms with Gasteiger partial charge in [0, 0.05) is 23.7 Å². The van der Waals surface area contributed by atoms with E-state index >= 15 is 0 Å². The van der Waals surface area contributed by atoms with Crippen LogP contribution in [-0.4, -0.2) is 41.1 Å². The van der Waals surface area contributed by atoms with Gasteiger partial charge in [0.2, 0.25) is 0 Å². The molecule has 0 amide bonds. The van der Waals surface area contributed by atoms with E-state index in [-0.39, 0.29) is 12.4 Å². The third-order valence-corrected chi connectivity index (χ3v) is 6.64. The summed E-state index contributed by atoms with van der Waals surface area (Å²) in [6.07, 6.45) is 5.56. The lowest BCUT2D eigenvalue weighted by Gasteiger charge is -2.38. The van der Waals surface area contributed by atoms with Crippen LogP contribution in [0.2, 0.25) is 0 Å². The largest absolute Gasteiger partial charge is 0.496 e. The molecule has 0 bridgehead atoms. The molecular formula is C24H22FN3O3S. The van der Waals surface area contributed by atoms with Crippen molar-refractivity contribution in [3.63, 3.8) is 0 Å². The van der Waals surface area contributed by atoms with Gasteiger partial charge in [0.1, 0.15) is 23.2 Å². The summed E-state index contributed by atoms with van der Waals surface area (Å²) in [5.41, 5.74) is 2.46. The first-order valence-corrected chi connectivity index (χ1v) is 11.2. The zero-order valence-electron chi connectivity index (χ0n) is 17.5. The Morgan fingerprint density at radius 2 is 2.12 bits per heavy atom. The maximum Gasteiger partial charge on any atom is 0.260 e. The van der Waals surface area contributed by atoms with Gasteiger partial charge in [0.05, 0.1) is 12.7 Å². The molecule has 0 aliphatic carbocycles. The molecule has 1 fully saturated rings. The molecule has 1 atom stereocenters. The standard InChI is InChI=1S/C24H22FN3O3S/c1-30-21-14-16(4-9-20(21)23-26-10-12-32-23)13-17-3-2-11-28-22(17)27-31-24(28,15-29)18-5-7-19(25)8-6-18/h4-10,12-14,29H,2-3,11,15H2,1H3/b17-13+. The van der Waals surface area contributed by atoms with E-state index < -0.39 is 5.72 Å². The molecule has 6 nitrogen and oxygen atoms in total. The third-order valence-electron chi connectivity index (χ3n) is 5.83. The normalized spacial score (nSPS) is 21.3. The van der Waals surface area contributed by atoms with E-state index in [1.54, 1.807) is 36.8 Å². The molecule has 3 aromatic rings. The Morgan fingerprint density at radius 3 is 2.84 bits per heavy atom. The highest BCUT2D eigenvalue weighted by Crippen LogP contribution is 2.40. The second kappa shape index (κ2) is 8.37. The predicted octanol–water partition coefficient (Wildman–Crippen LogP) is 4.63. The maximum absolute atomic E-state index is 13.5. The first-order valence-electron chi connectivity index (χ1n) is 10.3. The highest BCUT2D eigenvalue weighted by Gasteiger charge is 2.49. The molecule has 1 N–H and O–H groups in total. The van der Waals surface area contributed by atoms with Gasteiger partial charge in [-0.1, -0.05) is 11.2 Å². The van der Waals surface area contributed by atoms with E-state index in [4.69, 9.17) is 9.57 Å². The van der Waals surface area contributed by atoms with Crippen LogP contribution in [0.1, 0.15) is 24.0 Å². The van der Waals surface area contributed by atoms with Gasteiger partial charge >= 0.3 is 0 Å². The molecule has 2 aliphatic rings. The Balaban J connectivity index is 1.47. The Bertz CT molecular complexity index is 1180. The second-order valence-electron chi connectivity index (χ2n) is 7.68. The van der Waals surface area contributed by atoms with E-state index in [9.17, 15) is 9.50 Å². The van der Waals surface area contributed by atoms with Crippen LogP contribution in [0.5, 0.6) is 5.75 Å². The van der Waals surface area contributed by atoms with Gasteiger partial charge in [-0.3, -0.25) is 0 Å². The van der Waals surface area contributed by atoms with Crippen LogP contribution in [0.4, 0.5) is 4.39 Å². The Labute approximate surface area is 189 Å². The molecule has 2 aliphatic heterocycles. The van der Waals surface area contributed by atoms with Crippen LogP contribution in [0.3, 0.4) is 0 Å². The number of methoxy groups -OCH3 is 1. The SMILES string of the molecule is COc1cc(/C=C2\CCCN3C2=NOC3(CO)c2ccc(F)cc2)ccc1-c1nccs1. The van der Waals surface area contributed by atoms with E-state index in [0.29, 0.717) is 17.9 Å². The fourth-order valence-electron chi connectivity index (χ4n) is 4.24. The summed E-state index contributed by atoms with van der Waals surface area (Å²) >= 11 is 1.56.